The zero-order chi connectivity index (χ0) is 13.3. The molecule has 0 saturated carbocycles. The monoisotopic (exact) mass is 251 g/mol. The number of benzene rings is 1. The standard InChI is InChI=1S/C14H18FNO2/c1-14(2)9-16(8-7-12(14)17)13(18)10-3-5-11(15)6-4-10/h3-6,12,17H,7-9H2,1-2H3. The molecule has 1 aliphatic heterocycles. The Labute approximate surface area is 106 Å². The average Bonchev–Trinajstić information content (AvgIpc) is 2.33. The number of piperidine rings is 1. The number of carbonyl (C=O) groups excluding carboxylic acids is 1. The largest absolute Gasteiger partial charge is 0.392 e. The Morgan fingerprint density at radius 2 is 2.00 bits per heavy atom. The predicted octanol–water partition coefficient (Wildman–Crippen LogP) is 2.06. The Kier molecular flexibility index (Phi) is 3.39. The molecular formula is C14H18FNO2. The third-order valence-electron chi connectivity index (χ3n) is 3.55. The van der Waals surface area contributed by atoms with E-state index in [0.717, 1.165) is 0 Å². The molecule has 1 atom stereocenters. The minimum Gasteiger partial charge on any atom is -0.392 e. The Hall–Kier alpha value is -1.42. The first-order valence-electron chi connectivity index (χ1n) is 6.13. The van der Waals surface area contributed by atoms with Crippen LogP contribution in [0.2, 0.25) is 0 Å². The Morgan fingerprint density at radius 1 is 1.39 bits per heavy atom. The average molecular weight is 251 g/mol. The molecule has 1 unspecified atom stereocenters. The zero-order valence-electron chi connectivity index (χ0n) is 10.7. The summed E-state index contributed by atoms with van der Waals surface area (Å²) in [5, 5.41) is 9.86. The first-order chi connectivity index (χ1) is 8.40. The van der Waals surface area contributed by atoms with Gasteiger partial charge in [0.15, 0.2) is 0 Å². The maximum atomic E-state index is 12.8. The van der Waals surface area contributed by atoms with E-state index in [2.05, 4.69) is 0 Å². The first kappa shape index (κ1) is 13.0. The van der Waals surface area contributed by atoms with Crippen LogP contribution in [-0.2, 0) is 0 Å². The quantitative estimate of drug-likeness (QED) is 0.830. The van der Waals surface area contributed by atoms with E-state index in [4.69, 9.17) is 0 Å². The number of nitrogens with zero attached hydrogens (tertiary/aromatic N) is 1. The lowest BCUT2D eigenvalue weighted by Crippen LogP contribution is -2.50. The van der Waals surface area contributed by atoms with Crippen LogP contribution in [0.15, 0.2) is 24.3 Å². The maximum Gasteiger partial charge on any atom is 0.253 e. The van der Waals surface area contributed by atoms with Gasteiger partial charge in [-0.3, -0.25) is 4.79 Å². The summed E-state index contributed by atoms with van der Waals surface area (Å²) in [6, 6.07) is 5.57. The number of rotatable bonds is 1. The molecule has 0 aliphatic carbocycles. The van der Waals surface area contributed by atoms with Crippen molar-refractivity contribution in [3.05, 3.63) is 35.6 Å². The molecule has 1 N–H and O–H groups in total. The number of aliphatic hydroxyl groups excluding tert-OH is 1. The van der Waals surface area contributed by atoms with Crippen molar-refractivity contribution < 1.29 is 14.3 Å². The number of likely N-dealkylation sites (tertiary alicyclic amines) is 1. The van der Waals surface area contributed by atoms with Gasteiger partial charge in [-0.2, -0.15) is 0 Å². The summed E-state index contributed by atoms with van der Waals surface area (Å²) < 4.78 is 12.8. The number of hydrogen-bond acceptors (Lipinski definition) is 2. The molecule has 0 bridgehead atoms. The van der Waals surface area contributed by atoms with Gasteiger partial charge in [-0.15, -0.1) is 0 Å². The van der Waals surface area contributed by atoms with Crippen molar-refractivity contribution in [2.75, 3.05) is 13.1 Å². The molecular weight excluding hydrogens is 233 g/mol. The van der Waals surface area contributed by atoms with E-state index < -0.39 is 0 Å². The number of carbonyl (C=O) groups is 1. The zero-order valence-corrected chi connectivity index (χ0v) is 10.7. The first-order valence-corrected chi connectivity index (χ1v) is 6.13. The molecule has 1 saturated heterocycles. The second-order valence-electron chi connectivity index (χ2n) is 5.53. The Balaban J connectivity index is 2.13. The van der Waals surface area contributed by atoms with Gasteiger partial charge >= 0.3 is 0 Å². The van der Waals surface area contributed by atoms with Crippen LogP contribution >= 0.6 is 0 Å². The van der Waals surface area contributed by atoms with E-state index in [1.54, 1.807) is 4.90 Å². The number of amides is 1. The van der Waals surface area contributed by atoms with E-state index in [9.17, 15) is 14.3 Å². The van der Waals surface area contributed by atoms with Crippen molar-refractivity contribution in [2.24, 2.45) is 5.41 Å². The highest BCUT2D eigenvalue weighted by Crippen LogP contribution is 2.29. The fourth-order valence-electron chi connectivity index (χ4n) is 2.29. The topological polar surface area (TPSA) is 40.5 Å². The molecule has 1 aromatic carbocycles. The fourth-order valence-corrected chi connectivity index (χ4v) is 2.29. The lowest BCUT2D eigenvalue weighted by molar-refractivity contribution is -0.0182. The molecule has 3 nitrogen and oxygen atoms in total. The van der Waals surface area contributed by atoms with Gasteiger partial charge in [0, 0.05) is 24.1 Å². The number of aliphatic hydroxyl groups is 1. The van der Waals surface area contributed by atoms with Gasteiger partial charge in [-0.05, 0) is 30.7 Å². The molecule has 18 heavy (non-hydrogen) atoms. The van der Waals surface area contributed by atoms with E-state index in [1.165, 1.54) is 24.3 Å². The lowest BCUT2D eigenvalue weighted by Gasteiger charge is -2.41. The van der Waals surface area contributed by atoms with E-state index >= 15 is 0 Å². The third kappa shape index (κ3) is 2.53. The van der Waals surface area contributed by atoms with Crippen molar-refractivity contribution in [1.29, 1.82) is 0 Å². The second-order valence-corrected chi connectivity index (χ2v) is 5.53. The van der Waals surface area contributed by atoms with Crippen molar-refractivity contribution in [3.8, 4) is 0 Å². The van der Waals surface area contributed by atoms with Crippen LogP contribution in [-0.4, -0.2) is 35.1 Å². The lowest BCUT2D eigenvalue weighted by atomic mass is 9.81. The van der Waals surface area contributed by atoms with Crippen molar-refractivity contribution in [3.63, 3.8) is 0 Å². The minimum atomic E-state index is -0.380. The molecule has 0 aromatic heterocycles. The summed E-state index contributed by atoms with van der Waals surface area (Å²) >= 11 is 0. The summed E-state index contributed by atoms with van der Waals surface area (Å²) in [6.07, 6.45) is 0.203. The molecule has 0 spiro atoms. The summed E-state index contributed by atoms with van der Waals surface area (Å²) in [4.78, 5) is 13.9. The van der Waals surface area contributed by atoms with Gasteiger partial charge in [-0.1, -0.05) is 13.8 Å². The molecule has 4 heteroatoms. The second kappa shape index (κ2) is 4.69. The van der Waals surface area contributed by atoms with Gasteiger partial charge in [0.25, 0.3) is 5.91 Å². The molecule has 1 heterocycles. The van der Waals surface area contributed by atoms with Gasteiger partial charge in [0.1, 0.15) is 5.82 Å². The van der Waals surface area contributed by atoms with Gasteiger partial charge in [0.05, 0.1) is 6.10 Å². The summed E-state index contributed by atoms with van der Waals surface area (Å²) in [5.41, 5.74) is 0.192. The Morgan fingerprint density at radius 3 is 2.56 bits per heavy atom. The highest BCUT2D eigenvalue weighted by molar-refractivity contribution is 5.94. The maximum absolute atomic E-state index is 12.8. The van der Waals surface area contributed by atoms with Crippen LogP contribution in [0.25, 0.3) is 0 Å². The van der Waals surface area contributed by atoms with Crippen LogP contribution in [0, 0.1) is 11.2 Å². The molecule has 1 aliphatic rings. The highest BCUT2D eigenvalue weighted by atomic mass is 19.1. The predicted molar refractivity (Wildman–Crippen MR) is 66.7 cm³/mol. The smallest absolute Gasteiger partial charge is 0.253 e. The van der Waals surface area contributed by atoms with E-state index in [0.29, 0.717) is 25.1 Å². The third-order valence-corrected chi connectivity index (χ3v) is 3.55. The number of hydrogen-bond donors (Lipinski definition) is 1. The molecule has 1 fully saturated rings. The van der Waals surface area contributed by atoms with Crippen LogP contribution in [0.5, 0.6) is 0 Å². The van der Waals surface area contributed by atoms with Crippen molar-refractivity contribution in [1.82, 2.24) is 4.90 Å². The molecule has 2 rings (SSSR count). The normalized spacial score (nSPS) is 22.9. The van der Waals surface area contributed by atoms with E-state index in [1.807, 2.05) is 13.8 Å². The molecule has 0 radical (unpaired) electrons. The fraction of sp³-hybridized carbons (Fsp3) is 0.500. The SMILES string of the molecule is CC1(C)CN(C(=O)c2ccc(F)cc2)CCC1O. The minimum absolute atomic E-state index is 0.102. The Bertz CT molecular complexity index is 442. The van der Waals surface area contributed by atoms with Crippen LogP contribution in [0.3, 0.4) is 0 Å². The molecule has 1 aromatic rings. The van der Waals surface area contributed by atoms with Crippen LogP contribution in [0.1, 0.15) is 30.6 Å². The summed E-state index contributed by atoms with van der Waals surface area (Å²) in [5.74, 6) is -0.448. The molecule has 1 amide bonds. The van der Waals surface area contributed by atoms with E-state index in [-0.39, 0.29) is 23.2 Å². The van der Waals surface area contributed by atoms with Gasteiger partial charge < -0.3 is 10.0 Å². The number of halogens is 1. The van der Waals surface area contributed by atoms with Gasteiger partial charge in [-0.25, -0.2) is 4.39 Å². The van der Waals surface area contributed by atoms with Crippen LogP contribution in [0.4, 0.5) is 4.39 Å². The van der Waals surface area contributed by atoms with Crippen molar-refractivity contribution in [2.45, 2.75) is 26.4 Å². The molecule has 98 valence electrons. The summed E-state index contributed by atoms with van der Waals surface area (Å²) in [7, 11) is 0. The van der Waals surface area contributed by atoms with Crippen LogP contribution < -0.4 is 0 Å². The van der Waals surface area contributed by atoms with Gasteiger partial charge in [0.2, 0.25) is 0 Å². The van der Waals surface area contributed by atoms with Crippen molar-refractivity contribution >= 4 is 5.91 Å². The highest BCUT2D eigenvalue weighted by Gasteiger charge is 2.36. The summed E-state index contributed by atoms with van der Waals surface area (Å²) in [6.45, 7) is 4.95.